The normalized spacial score (nSPS) is 12.5. The van der Waals surface area contributed by atoms with E-state index in [1.807, 2.05) is 0 Å². The van der Waals surface area contributed by atoms with Gasteiger partial charge in [0.05, 0.1) is 28.1 Å². The van der Waals surface area contributed by atoms with E-state index in [1.165, 1.54) is 23.2 Å². The van der Waals surface area contributed by atoms with Crippen LogP contribution in [0.25, 0.3) is 11.0 Å². The number of fused-ring (bicyclic) bond motifs is 1. The fourth-order valence-electron chi connectivity index (χ4n) is 4.31. The summed E-state index contributed by atoms with van der Waals surface area (Å²) in [6.07, 6.45) is 1.25. The highest BCUT2D eigenvalue weighted by Crippen LogP contribution is 2.38. The van der Waals surface area contributed by atoms with Crippen LogP contribution in [0.15, 0.2) is 97.3 Å². The Morgan fingerprint density at radius 1 is 1.11 bits per heavy atom. The lowest BCUT2D eigenvalue weighted by Gasteiger charge is -2.30. The van der Waals surface area contributed by atoms with Gasteiger partial charge in [-0.15, -0.1) is 0 Å². The van der Waals surface area contributed by atoms with Gasteiger partial charge in [0.2, 0.25) is 9.84 Å². The van der Waals surface area contributed by atoms with Crippen LogP contribution in [0.1, 0.15) is 22.9 Å². The Morgan fingerprint density at radius 3 is 2.58 bits per heavy atom. The Hall–Kier alpha value is -3.70. The second kappa shape index (κ2) is 10.2. The van der Waals surface area contributed by atoms with Crippen LogP contribution < -0.4 is 16.1 Å². The van der Waals surface area contributed by atoms with Crippen molar-refractivity contribution in [1.29, 1.82) is 0 Å². The smallest absolute Gasteiger partial charge is 0.217 e. The number of sulfone groups is 1. The molecule has 194 valence electrons. The van der Waals surface area contributed by atoms with Crippen LogP contribution in [0.5, 0.6) is 0 Å². The number of hydrogen-bond donors (Lipinski definition) is 2. The van der Waals surface area contributed by atoms with E-state index in [-0.39, 0.29) is 25.2 Å². The van der Waals surface area contributed by atoms with E-state index in [0.717, 1.165) is 11.3 Å². The molecule has 1 unspecified atom stereocenters. The monoisotopic (exact) mass is 567 g/mol. The van der Waals surface area contributed by atoms with Gasteiger partial charge in [-0.05, 0) is 48.9 Å². The molecule has 1 atom stereocenters. The number of nitrogens with zero attached hydrogens (tertiary/aromatic N) is 2. The van der Waals surface area contributed by atoms with Crippen molar-refractivity contribution in [3.05, 3.63) is 111 Å². The Morgan fingerprint density at radius 2 is 1.87 bits per heavy atom. The highest BCUT2D eigenvalue weighted by atomic mass is 35.5. The molecular formula is C27H22ClN3O5S2. The van der Waals surface area contributed by atoms with E-state index in [1.54, 1.807) is 67.6 Å². The molecule has 38 heavy (non-hydrogen) atoms. The number of aliphatic hydroxyl groups is 1. The lowest BCUT2D eigenvalue weighted by Crippen LogP contribution is -2.34. The van der Waals surface area contributed by atoms with Gasteiger partial charge in [0.25, 0.3) is 0 Å². The molecule has 5 aromatic rings. The minimum absolute atomic E-state index is 0.000243. The van der Waals surface area contributed by atoms with E-state index >= 15 is 0 Å². The minimum Gasteiger partial charge on any atom is -0.461 e. The summed E-state index contributed by atoms with van der Waals surface area (Å²) < 4.78 is 32.4. The largest absolute Gasteiger partial charge is 0.461 e. The van der Waals surface area contributed by atoms with E-state index in [2.05, 4.69) is 4.98 Å². The van der Waals surface area contributed by atoms with Gasteiger partial charge in [-0.2, -0.15) is 0 Å². The van der Waals surface area contributed by atoms with Crippen LogP contribution in [0, 0.1) is 6.92 Å². The maximum absolute atomic E-state index is 13.8. The van der Waals surface area contributed by atoms with Gasteiger partial charge in [0, 0.05) is 16.8 Å². The maximum Gasteiger partial charge on any atom is 0.217 e. The number of rotatable bonds is 7. The summed E-state index contributed by atoms with van der Waals surface area (Å²) in [7, 11) is -3.84. The van der Waals surface area contributed by atoms with Gasteiger partial charge < -0.3 is 20.2 Å². The topological polar surface area (TPSA) is 127 Å². The average molecular weight is 568 g/mol. The molecule has 2 heterocycles. The number of thiazole rings is 1. The third kappa shape index (κ3) is 4.67. The first-order valence-corrected chi connectivity index (χ1v) is 14.1. The molecule has 0 amide bonds. The van der Waals surface area contributed by atoms with Crippen molar-refractivity contribution in [2.24, 2.45) is 0 Å². The Kier molecular flexibility index (Phi) is 6.97. The molecule has 0 aliphatic carbocycles. The third-order valence-electron chi connectivity index (χ3n) is 6.08. The van der Waals surface area contributed by atoms with Crippen LogP contribution in [-0.4, -0.2) is 25.2 Å². The zero-order chi connectivity index (χ0) is 27.0. The number of hydrogen-bond acceptors (Lipinski definition) is 9. The lowest BCUT2D eigenvalue weighted by atomic mass is 9.95. The molecule has 0 fully saturated rings. The summed E-state index contributed by atoms with van der Waals surface area (Å²) in [5.74, 6) is 0.310. The summed E-state index contributed by atoms with van der Waals surface area (Å²) in [4.78, 5) is 19.7. The number of aliphatic hydroxyl groups excluding tert-OH is 1. The molecule has 3 aromatic carbocycles. The van der Waals surface area contributed by atoms with Gasteiger partial charge in [0.1, 0.15) is 22.3 Å². The molecule has 3 N–H and O–H groups in total. The highest BCUT2D eigenvalue weighted by Gasteiger charge is 2.32. The quantitative estimate of drug-likeness (QED) is 0.204. The van der Waals surface area contributed by atoms with Crippen molar-refractivity contribution in [2.45, 2.75) is 22.1 Å². The number of nitrogens with two attached hydrogens (primary N) is 1. The second-order valence-corrected chi connectivity index (χ2v) is 12.1. The molecule has 2 aromatic heterocycles. The van der Waals surface area contributed by atoms with Gasteiger partial charge >= 0.3 is 0 Å². The van der Waals surface area contributed by atoms with E-state index < -0.39 is 22.6 Å². The number of anilines is 2. The zero-order valence-corrected chi connectivity index (χ0v) is 22.4. The average Bonchev–Trinajstić information content (AvgIpc) is 3.39. The van der Waals surface area contributed by atoms with Gasteiger partial charge in [0.15, 0.2) is 10.6 Å². The molecule has 0 saturated heterocycles. The Labute approximate surface area is 227 Å². The van der Waals surface area contributed by atoms with Crippen LogP contribution in [-0.2, 0) is 9.84 Å². The number of aryl methyl sites for hydroxylation is 1. The summed E-state index contributed by atoms with van der Waals surface area (Å²) in [6, 6.07) is 18.8. The van der Waals surface area contributed by atoms with Crippen molar-refractivity contribution in [1.82, 2.24) is 4.98 Å². The van der Waals surface area contributed by atoms with Crippen molar-refractivity contribution in [3.8, 4) is 0 Å². The molecule has 0 aliphatic heterocycles. The van der Waals surface area contributed by atoms with Crippen LogP contribution >= 0.6 is 22.9 Å². The van der Waals surface area contributed by atoms with Crippen molar-refractivity contribution >= 4 is 54.6 Å². The maximum atomic E-state index is 13.8. The zero-order valence-electron chi connectivity index (χ0n) is 20.0. The first-order chi connectivity index (χ1) is 18.2. The van der Waals surface area contributed by atoms with Crippen molar-refractivity contribution in [2.75, 3.05) is 17.4 Å². The molecule has 0 aliphatic rings. The summed E-state index contributed by atoms with van der Waals surface area (Å²) in [6.45, 7) is 1.08. The first kappa shape index (κ1) is 25.9. The summed E-state index contributed by atoms with van der Waals surface area (Å²) >= 11 is 7.20. The molecule has 0 bridgehead atoms. The highest BCUT2D eigenvalue weighted by molar-refractivity contribution is 7.93. The summed E-state index contributed by atoms with van der Waals surface area (Å²) in [5.41, 5.74) is 7.18. The van der Waals surface area contributed by atoms with Crippen LogP contribution in [0.3, 0.4) is 0 Å². The van der Waals surface area contributed by atoms with Crippen LogP contribution in [0.4, 0.5) is 10.8 Å². The molecule has 11 heteroatoms. The first-order valence-electron chi connectivity index (χ1n) is 11.4. The van der Waals surface area contributed by atoms with E-state index in [4.69, 9.17) is 21.8 Å². The fraction of sp³-hybridized carbons (Fsp3) is 0.111. The molecule has 0 radical (unpaired) electrons. The molecule has 0 spiro atoms. The number of aromatic nitrogens is 1. The van der Waals surface area contributed by atoms with Crippen molar-refractivity contribution in [3.63, 3.8) is 0 Å². The second-order valence-electron chi connectivity index (χ2n) is 8.50. The van der Waals surface area contributed by atoms with E-state index in [0.29, 0.717) is 33.0 Å². The van der Waals surface area contributed by atoms with Gasteiger partial charge in [-0.3, -0.25) is 4.79 Å². The van der Waals surface area contributed by atoms with Gasteiger partial charge in [-0.25, -0.2) is 13.4 Å². The Balaban J connectivity index is 1.70. The third-order valence-corrected chi connectivity index (χ3v) is 9.58. The predicted molar refractivity (Wildman–Crippen MR) is 149 cm³/mol. The van der Waals surface area contributed by atoms with Crippen molar-refractivity contribution < 1.29 is 17.9 Å². The number of benzene rings is 3. The summed E-state index contributed by atoms with van der Waals surface area (Å²) in [5, 5.41) is 11.5. The SMILES string of the molecule is Cc1oc2cc(N)ccc2c(=O)c1C(c1cccc(Cl)c1)N(CO)c1ncc(S(=O)(=O)c2ccccc2)s1. The molecule has 5 rings (SSSR count). The number of nitrogen functional groups attached to an aromatic ring is 1. The predicted octanol–water partition coefficient (Wildman–Crippen LogP) is 5.17. The van der Waals surface area contributed by atoms with Gasteiger partial charge in [-0.1, -0.05) is 53.3 Å². The Bertz CT molecular complexity index is 1800. The lowest BCUT2D eigenvalue weighted by molar-refractivity contribution is 0.281. The minimum atomic E-state index is -3.84. The molecule has 8 nitrogen and oxygen atoms in total. The van der Waals surface area contributed by atoms with Crippen LogP contribution in [0.2, 0.25) is 5.02 Å². The van der Waals surface area contributed by atoms with E-state index in [9.17, 15) is 18.3 Å². The molecule has 0 saturated carbocycles. The molecular weight excluding hydrogens is 546 g/mol. The standard InChI is InChI=1S/C27H22ClN3O5S2/c1-16-24(26(33)21-11-10-19(29)13-22(21)36-16)25(17-6-5-7-18(28)12-17)31(15-32)27-30-14-23(37-27)38(34,35)20-8-3-2-4-9-20/h2-14,25,32H,15,29H2,1H3. The number of halogens is 1. The fourth-order valence-corrected chi connectivity index (χ4v) is 7.07.